The van der Waals surface area contributed by atoms with Crippen LogP contribution in [0.25, 0.3) is 6.08 Å². The minimum atomic E-state index is -0.984. The van der Waals surface area contributed by atoms with Gasteiger partial charge in [0.25, 0.3) is 0 Å². The van der Waals surface area contributed by atoms with Gasteiger partial charge in [-0.1, -0.05) is 19.1 Å². The Morgan fingerprint density at radius 3 is 2.67 bits per heavy atom. The first-order valence-corrected chi connectivity index (χ1v) is 7.68. The van der Waals surface area contributed by atoms with Crippen molar-refractivity contribution in [2.45, 2.75) is 24.8 Å². The number of halogens is 1. The molecule has 1 N–H and O–H groups in total. The summed E-state index contributed by atoms with van der Waals surface area (Å²) in [7, 11) is 0. The molecule has 6 heteroatoms. The van der Waals surface area contributed by atoms with Crippen LogP contribution in [0.4, 0.5) is 4.39 Å². The van der Waals surface area contributed by atoms with Crippen LogP contribution in [0.3, 0.4) is 0 Å². The second-order valence-corrected chi connectivity index (χ2v) is 5.89. The number of carboxylic acid groups (broad SMARTS) is 1. The summed E-state index contributed by atoms with van der Waals surface area (Å²) in [5.74, 6) is -1.25. The van der Waals surface area contributed by atoms with E-state index in [2.05, 4.69) is 0 Å². The number of aliphatic carboxylic acids is 1. The normalized spacial score (nSPS) is 21.9. The smallest absolute Gasteiger partial charge is 0.327 e. The zero-order valence-corrected chi connectivity index (χ0v) is 12.3. The molecule has 1 aromatic rings. The standard InChI is InChI=1S/C15H16FNO3S/c1-2-14-17(12(9-21-14)15(19)20)13(18)8-5-10-3-6-11(16)7-4-10/h3-8,12,14H,2,9H2,1H3,(H,19,20). The van der Waals surface area contributed by atoms with Gasteiger partial charge in [0.05, 0.1) is 5.37 Å². The van der Waals surface area contributed by atoms with E-state index in [0.717, 1.165) is 0 Å². The fourth-order valence-corrected chi connectivity index (χ4v) is 3.55. The third-order valence-corrected chi connectivity index (χ3v) is 4.72. The largest absolute Gasteiger partial charge is 0.480 e. The lowest BCUT2D eigenvalue weighted by Gasteiger charge is -2.25. The van der Waals surface area contributed by atoms with E-state index in [0.29, 0.717) is 17.7 Å². The van der Waals surface area contributed by atoms with Crippen LogP contribution < -0.4 is 0 Å². The van der Waals surface area contributed by atoms with Gasteiger partial charge in [-0.2, -0.15) is 0 Å². The van der Waals surface area contributed by atoms with Crippen LogP contribution in [0, 0.1) is 5.82 Å². The number of hydrogen-bond donors (Lipinski definition) is 1. The first-order valence-electron chi connectivity index (χ1n) is 6.63. The summed E-state index contributed by atoms with van der Waals surface area (Å²) in [5.41, 5.74) is 0.691. The van der Waals surface area contributed by atoms with Gasteiger partial charge < -0.3 is 10.0 Å². The minimum absolute atomic E-state index is 0.114. The van der Waals surface area contributed by atoms with Crippen molar-refractivity contribution in [3.05, 3.63) is 41.7 Å². The van der Waals surface area contributed by atoms with Gasteiger partial charge in [-0.05, 0) is 30.2 Å². The molecule has 1 aliphatic rings. The average molecular weight is 309 g/mol. The lowest BCUT2D eigenvalue weighted by Crippen LogP contribution is -2.44. The molecule has 0 spiro atoms. The summed E-state index contributed by atoms with van der Waals surface area (Å²) in [4.78, 5) is 24.9. The molecule has 1 aromatic carbocycles. The molecular formula is C15H16FNO3S. The predicted molar refractivity (Wildman–Crippen MR) is 80.2 cm³/mol. The molecule has 2 rings (SSSR count). The summed E-state index contributed by atoms with van der Waals surface area (Å²) in [6.07, 6.45) is 3.61. The van der Waals surface area contributed by atoms with Crippen molar-refractivity contribution in [3.63, 3.8) is 0 Å². The summed E-state index contributed by atoms with van der Waals surface area (Å²) in [6.45, 7) is 1.92. The fourth-order valence-electron chi connectivity index (χ4n) is 2.19. The molecular weight excluding hydrogens is 293 g/mol. The van der Waals surface area contributed by atoms with Crippen molar-refractivity contribution in [2.24, 2.45) is 0 Å². The number of benzene rings is 1. The van der Waals surface area contributed by atoms with Gasteiger partial charge >= 0.3 is 5.97 Å². The number of thioether (sulfide) groups is 1. The maximum absolute atomic E-state index is 12.8. The molecule has 21 heavy (non-hydrogen) atoms. The second kappa shape index (κ2) is 6.76. The highest BCUT2D eigenvalue weighted by molar-refractivity contribution is 8.00. The Morgan fingerprint density at radius 2 is 2.10 bits per heavy atom. The second-order valence-electron chi connectivity index (χ2n) is 4.68. The van der Waals surface area contributed by atoms with Crippen LogP contribution >= 0.6 is 11.8 Å². The fraction of sp³-hybridized carbons (Fsp3) is 0.333. The van der Waals surface area contributed by atoms with Crippen LogP contribution in [-0.2, 0) is 9.59 Å². The predicted octanol–water partition coefficient (Wildman–Crippen LogP) is 2.60. The molecule has 0 bridgehead atoms. The minimum Gasteiger partial charge on any atom is -0.480 e. The third kappa shape index (κ3) is 3.64. The Bertz CT molecular complexity index is 559. The van der Waals surface area contributed by atoms with Crippen LogP contribution in [0.15, 0.2) is 30.3 Å². The van der Waals surface area contributed by atoms with Crippen LogP contribution in [0.2, 0.25) is 0 Å². The van der Waals surface area contributed by atoms with E-state index in [1.165, 1.54) is 34.9 Å². The van der Waals surface area contributed by atoms with Gasteiger partial charge in [0, 0.05) is 11.8 Å². The first kappa shape index (κ1) is 15.6. The summed E-state index contributed by atoms with van der Waals surface area (Å²) in [5, 5.41) is 9.07. The van der Waals surface area contributed by atoms with Gasteiger partial charge in [-0.15, -0.1) is 11.8 Å². The molecule has 1 heterocycles. The lowest BCUT2D eigenvalue weighted by molar-refractivity contribution is -0.147. The Labute approximate surface area is 126 Å². The zero-order chi connectivity index (χ0) is 15.4. The molecule has 4 nitrogen and oxygen atoms in total. The zero-order valence-electron chi connectivity index (χ0n) is 11.5. The number of carboxylic acids is 1. The quantitative estimate of drug-likeness (QED) is 0.869. The molecule has 0 aliphatic carbocycles. The SMILES string of the molecule is CCC1SCC(C(=O)O)N1C(=O)C=Cc1ccc(F)cc1. The van der Waals surface area contributed by atoms with Crippen LogP contribution in [0.5, 0.6) is 0 Å². The summed E-state index contributed by atoms with van der Waals surface area (Å²) in [6, 6.07) is 4.95. The van der Waals surface area contributed by atoms with Crippen LogP contribution in [-0.4, -0.2) is 39.1 Å². The summed E-state index contributed by atoms with van der Waals surface area (Å²) >= 11 is 1.48. The molecule has 1 saturated heterocycles. The number of hydrogen-bond acceptors (Lipinski definition) is 3. The van der Waals surface area contributed by atoms with Crippen molar-refractivity contribution < 1.29 is 19.1 Å². The first-order chi connectivity index (χ1) is 10.0. The van der Waals surface area contributed by atoms with Gasteiger partial charge in [-0.3, -0.25) is 4.79 Å². The third-order valence-electron chi connectivity index (χ3n) is 3.27. The topological polar surface area (TPSA) is 57.6 Å². The van der Waals surface area contributed by atoms with Crippen molar-refractivity contribution in [2.75, 3.05) is 5.75 Å². The number of carbonyl (C=O) groups is 2. The van der Waals surface area contributed by atoms with E-state index in [1.807, 2.05) is 6.92 Å². The van der Waals surface area contributed by atoms with E-state index in [1.54, 1.807) is 18.2 Å². The maximum atomic E-state index is 12.8. The Hall–Kier alpha value is -1.82. The van der Waals surface area contributed by atoms with E-state index < -0.39 is 12.0 Å². The van der Waals surface area contributed by atoms with Gasteiger partial charge in [0.1, 0.15) is 11.9 Å². The number of rotatable bonds is 4. The van der Waals surface area contributed by atoms with E-state index in [9.17, 15) is 19.1 Å². The van der Waals surface area contributed by atoms with E-state index in [-0.39, 0.29) is 17.1 Å². The molecule has 0 saturated carbocycles. The van der Waals surface area contributed by atoms with Crippen molar-refractivity contribution in [3.8, 4) is 0 Å². The molecule has 1 fully saturated rings. The molecule has 0 radical (unpaired) electrons. The Balaban J connectivity index is 2.13. The van der Waals surface area contributed by atoms with Gasteiger partial charge in [0.15, 0.2) is 0 Å². The highest BCUT2D eigenvalue weighted by atomic mass is 32.2. The monoisotopic (exact) mass is 309 g/mol. The number of amides is 1. The Kier molecular flexibility index (Phi) is 5.01. The maximum Gasteiger partial charge on any atom is 0.327 e. The van der Waals surface area contributed by atoms with Gasteiger partial charge in [-0.25, -0.2) is 9.18 Å². The van der Waals surface area contributed by atoms with Crippen LogP contribution in [0.1, 0.15) is 18.9 Å². The van der Waals surface area contributed by atoms with Crippen molar-refractivity contribution in [1.29, 1.82) is 0 Å². The summed E-state index contributed by atoms with van der Waals surface area (Å²) < 4.78 is 12.8. The van der Waals surface area contributed by atoms with E-state index in [4.69, 9.17) is 0 Å². The van der Waals surface area contributed by atoms with Crippen molar-refractivity contribution in [1.82, 2.24) is 4.90 Å². The lowest BCUT2D eigenvalue weighted by atomic mass is 10.2. The highest BCUT2D eigenvalue weighted by Gasteiger charge is 2.39. The molecule has 1 amide bonds. The van der Waals surface area contributed by atoms with Crippen molar-refractivity contribution >= 4 is 29.7 Å². The molecule has 0 aromatic heterocycles. The van der Waals surface area contributed by atoms with Gasteiger partial charge in [0.2, 0.25) is 5.91 Å². The number of nitrogens with zero attached hydrogens (tertiary/aromatic N) is 1. The molecule has 2 atom stereocenters. The molecule has 112 valence electrons. The average Bonchev–Trinajstić information content (AvgIpc) is 2.90. The van der Waals surface area contributed by atoms with E-state index >= 15 is 0 Å². The molecule has 2 unspecified atom stereocenters. The molecule has 1 aliphatic heterocycles. The Morgan fingerprint density at radius 1 is 1.43 bits per heavy atom. The highest BCUT2D eigenvalue weighted by Crippen LogP contribution is 2.31. The number of carbonyl (C=O) groups excluding carboxylic acids is 1.